The molecule has 0 spiro atoms. The van der Waals surface area contributed by atoms with E-state index in [4.69, 9.17) is 14.2 Å². The summed E-state index contributed by atoms with van der Waals surface area (Å²) in [6.07, 6.45) is 4.70. The molecule has 3 aromatic carbocycles. The Hall–Kier alpha value is -4.39. The molecule has 0 atom stereocenters. The van der Waals surface area contributed by atoms with Crippen molar-refractivity contribution in [2.45, 2.75) is 0 Å². The van der Waals surface area contributed by atoms with E-state index >= 15 is 0 Å². The van der Waals surface area contributed by atoms with Crippen molar-refractivity contribution in [3.63, 3.8) is 0 Å². The highest BCUT2D eigenvalue weighted by Gasteiger charge is 2.12. The molecule has 166 valence electrons. The molecule has 0 amide bonds. The molecule has 0 bridgehead atoms. The van der Waals surface area contributed by atoms with E-state index in [0.717, 1.165) is 16.6 Å². The Morgan fingerprint density at radius 2 is 1.58 bits per heavy atom. The first-order chi connectivity index (χ1) is 16.1. The van der Waals surface area contributed by atoms with Crippen LogP contribution in [-0.2, 0) is 0 Å². The maximum absolute atomic E-state index is 12.8. The summed E-state index contributed by atoms with van der Waals surface area (Å²) < 4.78 is 16.1. The molecule has 1 heterocycles. The van der Waals surface area contributed by atoms with Crippen molar-refractivity contribution in [2.75, 3.05) is 26.6 Å². The monoisotopic (exact) mass is 441 g/mol. The van der Waals surface area contributed by atoms with Crippen molar-refractivity contribution < 1.29 is 19.0 Å². The van der Waals surface area contributed by atoms with E-state index in [1.807, 2.05) is 36.4 Å². The summed E-state index contributed by atoms with van der Waals surface area (Å²) in [4.78, 5) is 21.4. The number of carbonyl (C=O) groups excluding carboxylic acids is 1. The molecule has 0 aliphatic carbocycles. The Kier molecular flexibility index (Phi) is 6.50. The standard InChI is InChI=1S/C26H23N3O4/c1-31-19-14-24(32-2)21(25(15-19)33-3)12-13-23(30)17-8-10-18(11-9-17)29-26-20-6-4-5-7-22(20)27-16-28-26/h4-16H,1-3H3,(H,27,28,29)/b13-12+. The van der Waals surface area contributed by atoms with Gasteiger partial charge in [0, 0.05) is 28.8 Å². The van der Waals surface area contributed by atoms with Crippen LogP contribution in [0.3, 0.4) is 0 Å². The van der Waals surface area contributed by atoms with E-state index in [9.17, 15) is 4.79 Å². The molecule has 0 fully saturated rings. The topological polar surface area (TPSA) is 82.6 Å². The van der Waals surface area contributed by atoms with Gasteiger partial charge < -0.3 is 19.5 Å². The summed E-state index contributed by atoms with van der Waals surface area (Å²) in [5, 5.41) is 4.21. The fraction of sp³-hybridized carbons (Fsp3) is 0.115. The van der Waals surface area contributed by atoms with Gasteiger partial charge in [0.2, 0.25) is 0 Å². The summed E-state index contributed by atoms with van der Waals surface area (Å²) in [7, 11) is 4.68. The number of anilines is 2. The number of carbonyl (C=O) groups is 1. The number of rotatable bonds is 8. The molecule has 0 unspecified atom stereocenters. The molecule has 7 heteroatoms. The number of benzene rings is 3. The highest BCUT2D eigenvalue weighted by atomic mass is 16.5. The molecule has 0 saturated heterocycles. The first kappa shape index (κ1) is 21.8. The molecule has 4 rings (SSSR count). The zero-order valence-corrected chi connectivity index (χ0v) is 18.5. The number of methoxy groups -OCH3 is 3. The van der Waals surface area contributed by atoms with Crippen LogP contribution in [-0.4, -0.2) is 37.1 Å². The van der Waals surface area contributed by atoms with Gasteiger partial charge in [0.25, 0.3) is 0 Å². The van der Waals surface area contributed by atoms with E-state index in [1.165, 1.54) is 12.4 Å². The second kappa shape index (κ2) is 9.82. The minimum atomic E-state index is -0.144. The zero-order chi connectivity index (χ0) is 23.2. The van der Waals surface area contributed by atoms with Gasteiger partial charge in [0.1, 0.15) is 29.4 Å². The van der Waals surface area contributed by atoms with Gasteiger partial charge in [-0.25, -0.2) is 9.97 Å². The number of hydrogen-bond donors (Lipinski definition) is 1. The van der Waals surface area contributed by atoms with Gasteiger partial charge in [-0.05, 0) is 48.6 Å². The fourth-order valence-corrected chi connectivity index (χ4v) is 3.41. The number of nitrogens with one attached hydrogen (secondary N) is 1. The number of para-hydroxylation sites is 1. The lowest BCUT2D eigenvalue weighted by atomic mass is 10.1. The Balaban J connectivity index is 1.53. The maximum atomic E-state index is 12.8. The maximum Gasteiger partial charge on any atom is 0.185 e. The largest absolute Gasteiger partial charge is 0.496 e. The molecule has 0 aliphatic rings. The lowest BCUT2D eigenvalue weighted by molar-refractivity contribution is 0.104. The van der Waals surface area contributed by atoms with Crippen molar-refractivity contribution in [1.82, 2.24) is 9.97 Å². The molecule has 7 nitrogen and oxygen atoms in total. The van der Waals surface area contributed by atoms with Crippen molar-refractivity contribution in [2.24, 2.45) is 0 Å². The van der Waals surface area contributed by atoms with E-state index in [2.05, 4.69) is 15.3 Å². The van der Waals surface area contributed by atoms with Gasteiger partial charge in [0.05, 0.1) is 32.4 Å². The number of aromatic nitrogens is 2. The van der Waals surface area contributed by atoms with Crippen molar-refractivity contribution >= 4 is 34.3 Å². The van der Waals surface area contributed by atoms with Crippen LogP contribution in [0.5, 0.6) is 17.2 Å². The van der Waals surface area contributed by atoms with Crippen LogP contribution in [0.15, 0.2) is 73.1 Å². The zero-order valence-electron chi connectivity index (χ0n) is 18.5. The summed E-state index contributed by atoms with van der Waals surface area (Å²) in [5.41, 5.74) is 2.88. The number of ketones is 1. The summed E-state index contributed by atoms with van der Waals surface area (Å²) in [6.45, 7) is 0. The van der Waals surface area contributed by atoms with Crippen LogP contribution in [0.2, 0.25) is 0 Å². The molecule has 0 aliphatic heterocycles. The lowest BCUT2D eigenvalue weighted by Crippen LogP contribution is -1.98. The molecule has 0 saturated carbocycles. The first-order valence-corrected chi connectivity index (χ1v) is 10.2. The third-order valence-corrected chi connectivity index (χ3v) is 5.13. The third-order valence-electron chi connectivity index (χ3n) is 5.13. The van der Waals surface area contributed by atoms with Gasteiger partial charge >= 0.3 is 0 Å². The second-order valence-electron chi connectivity index (χ2n) is 7.08. The Labute approximate surface area is 191 Å². The Bertz CT molecular complexity index is 1290. The van der Waals surface area contributed by atoms with Crippen molar-refractivity contribution in [1.29, 1.82) is 0 Å². The molecule has 4 aromatic rings. The van der Waals surface area contributed by atoms with Gasteiger partial charge in [-0.3, -0.25) is 4.79 Å². The number of fused-ring (bicyclic) bond motifs is 1. The molecular formula is C26H23N3O4. The molecule has 33 heavy (non-hydrogen) atoms. The second-order valence-corrected chi connectivity index (χ2v) is 7.08. The van der Waals surface area contributed by atoms with Crippen molar-refractivity contribution in [3.8, 4) is 17.2 Å². The summed E-state index contributed by atoms with van der Waals surface area (Å²) in [6, 6.07) is 18.5. The highest BCUT2D eigenvalue weighted by molar-refractivity contribution is 6.07. The van der Waals surface area contributed by atoms with Crippen molar-refractivity contribution in [3.05, 3.63) is 84.2 Å². The minimum Gasteiger partial charge on any atom is -0.496 e. The van der Waals surface area contributed by atoms with E-state index < -0.39 is 0 Å². The first-order valence-electron chi connectivity index (χ1n) is 10.2. The quantitative estimate of drug-likeness (QED) is 0.294. The highest BCUT2D eigenvalue weighted by Crippen LogP contribution is 2.35. The lowest BCUT2D eigenvalue weighted by Gasteiger charge is -2.12. The van der Waals surface area contributed by atoms with E-state index in [-0.39, 0.29) is 5.78 Å². The normalized spacial score (nSPS) is 10.9. The predicted molar refractivity (Wildman–Crippen MR) is 129 cm³/mol. The van der Waals surface area contributed by atoms with Gasteiger partial charge in [-0.15, -0.1) is 0 Å². The van der Waals surface area contributed by atoms with Gasteiger partial charge in [-0.2, -0.15) is 0 Å². The SMILES string of the molecule is COc1cc(OC)c(/C=C/C(=O)c2ccc(Nc3ncnc4ccccc34)cc2)c(OC)c1. The third kappa shape index (κ3) is 4.77. The van der Waals surface area contributed by atoms with Crippen LogP contribution in [0.1, 0.15) is 15.9 Å². The molecule has 1 aromatic heterocycles. The summed E-state index contributed by atoms with van der Waals surface area (Å²) in [5.74, 6) is 2.26. The molecular weight excluding hydrogens is 418 g/mol. The minimum absolute atomic E-state index is 0.144. The average Bonchev–Trinajstić information content (AvgIpc) is 2.87. The number of nitrogens with zero attached hydrogens (tertiary/aromatic N) is 2. The van der Waals surface area contributed by atoms with E-state index in [1.54, 1.807) is 51.7 Å². The van der Waals surface area contributed by atoms with Crippen LogP contribution >= 0.6 is 0 Å². The molecule has 1 N–H and O–H groups in total. The fourth-order valence-electron chi connectivity index (χ4n) is 3.41. The molecule has 0 radical (unpaired) electrons. The Morgan fingerprint density at radius 1 is 0.879 bits per heavy atom. The van der Waals surface area contributed by atoms with E-state index in [0.29, 0.717) is 34.2 Å². The average molecular weight is 441 g/mol. The van der Waals surface area contributed by atoms with Gasteiger partial charge in [-0.1, -0.05) is 12.1 Å². The van der Waals surface area contributed by atoms with Crippen LogP contribution in [0.25, 0.3) is 17.0 Å². The number of allylic oxidation sites excluding steroid dienone is 1. The van der Waals surface area contributed by atoms with Gasteiger partial charge in [0.15, 0.2) is 5.78 Å². The van der Waals surface area contributed by atoms with Crippen LogP contribution < -0.4 is 19.5 Å². The van der Waals surface area contributed by atoms with Crippen LogP contribution in [0, 0.1) is 0 Å². The Morgan fingerprint density at radius 3 is 2.24 bits per heavy atom. The summed E-state index contributed by atoms with van der Waals surface area (Å²) >= 11 is 0. The number of ether oxygens (including phenoxy) is 3. The predicted octanol–water partition coefficient (Wildman–Crippen LogP) is 5.30. The van der Waals surface area contributed by atoms with Crippen LogP contribution in [0.4, 0.5) is 11.5 Å². The smallest absolute Gasteiger partial charge is 0.185 e. The number of hydrogen-bond acceptors (Lipinski definition) is 7.